The Bertz CT molecular complexity index is 655. The number of carboxylic acid groups (broad SMARTS) is 1. The van der Waals surface area contributed by atoms with Crippen LogP contribution in [0.2, 0.25) is 0 Å². The zero-order valence-electron chi connectivity index (χ0n) is 12.2. The van der Waals surface area contributed by atoms with E-state index in [0.717, 1.165) is 29.8 Å². The lowest BCUT2D eigenvalue weighted by Gasteiger charge is -2.20. The van der Waals surface area contributed by atoms with Gasteiger partial charge < -0.3 is 5.11 Å². The Hall–Kier alpha value is -2.10. The second-order valence-corrected chi connectivity index (χ2v) is 5.80. The number of benzene rings is 1. The van der Waals surface area contributed by atoms with Gasteiger partial charge in [-0.1, -0.05) is 37.5 Å². The second kappa shape index (κ2) is 5.72. The first kappa shape index (κ1) is 13.9. The van der Waals surface area contributed by atoms with Crippen molar-refractivity contribution in [2.45, 2.75) is 44.9 Å². The molecule has 4 nitrogen and oxygen atoms in total. The Morgan fingerprint density at radius 1 is 1.24 bits per heavy atom. The molecule has 1 aliphatic carbocycles. The maximum atomic E-state index is 11.5. The number of carbonyl (C=O) groups is 1. The molecule has 0 unspecified atom stereocenters. The minimum absolute atomic E-state index is 0.287. The maximum Gasteiger partial charge on any atom is 0.339 e. The number of nitrogens with zero attached hydrogens (tertiary/aromatic N) is 2. The van der Waals surface area contributed by atoms with Gasteiger partial charge in [-0.3, -0.25) is 0 Å². The predicted molar refractivity (Wildman–Crippen MR) is 81.1 cm³/mol. The van der Waals surface area contributed by atoms with Crippen LogP contribution in [0.5, 0.6) is 0 Å². The second-order valence-electron chi connectivity index (χ2n) is 5.80. The summed E-state index contributed by atoms with van der Waals surface area (Å²) in [6.07, 6.45) is 7.34. The van der Waals surface area contributed by atoms with E-state index in [1.165, 1.54) is 19.3 Å². The molecule has 1 aliphatic rings. The quantitative estimate of drug-likeness (QED) is 0.929. The van der Waals surface area contributed by atoms with Crippen LogP contribution in [-0.4, -0.2) is 20.9 Å². The average molecular weight is 284 g/mol. The summed E-state index contributed by atoms with van der Waals surface area (Å²) >= 11 is 0. The highest BCUT2D eigenvalue weighted by molar-refractivity contribution is 5.89. The van der Waals surface area contributed by atoms with Crippen LogP contribution < -0.4 is 0 Å². The van der Waals surface area contributed by atoms with Gasteiger partial charge in [-0.2, -0.15) is 5.10 Å². The summed E-state index contributed by atoms with van der Waals surface area (Å²) in [6, 6.07) is 7.91. The summed E-state index contributed by atoms with van der Waals surface area (Å²) in [5.74, 6) is -0.592. The molecular formula is C17H20N2O2. The van der Waals surface area contributed by atoms with Crippen molar-refractivity contribution in [1.29, 1.82) is 0 Å². The maximum absolute atomic E-state index is 11.5. The molecule has 0 spiro atoms. The third-order valence-electron chi connectivity index (χ3n) is 4.33. The topological polar surface area (TPSA) is 55.1 Å². The molecule has 1 N–H and O–H groups in total. The van der Waals surface area contributed by atoms with E-state index in [1.54, 1.807) is 10.9 Å². The molecule has 3 rings (SSSR count). The number of aromatic nitrogens is 2. The van der Waals surface area contributed by atoms with Gasteiger partial charge in [0.2, 0.25) is 0 Å². The van der Waals surface area contributed by atoms with E-state index in [4.69, 9.17) is 0 Å². The summed E-state index contributed by atoms with van der Waals surface area (Å²) < 4.78 is 1.72. The minimum Gasteiger partial charge on any atom is -0.478 e. The fourth-order valence-corrected chi connectivity index (χ4v) is 3.17. The number of hydrogen-bond acceptors (Lipinski definition) is 2. The molecule has 2 aromatic rings. The third-order valence-corrected chi connectivity index (χ3v) is 4.33. The fraction of sp³-hybridized carbons (Fsp3) is 0.412. The van der Waals surface area contributed by atoms with Gasteiger partial charge in [0.1, 0.15) is 5.56 Å². The Labute approximate surface area is 124 Å². The number of aryl methyl sites for hydroxylation is 1. The third kappa shape index (κ3) is 2.71. The van der Waals surface area contributed by atoms with E-state index in [2.05, 4.69) is 5.10 Å². The molecule has 1 aromatic carbocycles. The number of aromatic carboxylic acids is 1. The van der Waals surface area contributed by atoms with Crippen LogP contribution in [0, 0.1) is 6.92 Å². The van der Waals surface area contributed by atoms with Gasteiger partial charge >= 0.3 is 5.97 Å². The van der Waals surface area contributed by atoms with Gasteiger partial charge in [-0.15, -0.1) is 0 Å². The molecule has 1 fully saturated rings. The van der Waals surface area contributed by atoms with Gasteiger partial charge in [0.15, 0.2) is 0 Å². The standard InChI is InChI=1S/C17H20N2O2/c1-12-7-5-6-10-15(12)19-11-14(17(20)21)16(18-19)13-8-3-2-4-9-13/h5-7,10-11,13H,2-4,8-9H2,1H3,(H,20,21). The van der Waals surface area contributed by atoms with Crippen molar-refractivity contribution in [2.75, 3.05) is 0 Å². The van der Waals surface area contributed by atoms with Crippen LogP contribution in [0.25, 0.3) is 5.69 Å². The van der Waals surface area contributed by atoms with Crippen LogP contribution in [0.15, 0.2) is 30.5 Å². The lowest BCUT2D eigenvalue weighted by molar-refractivity contribution is 0.0694. The van der Waals surface area contributed by atoms with Crippen LogP contribution in [0.1, 0.15) is 59.6 Å². The Balaban J connectivity index is 2.04. The highest BCUT2D eigenvalue weighted by Gasteiger charge is 2.25. The first-order valence-electron chi connectivity index (χ1n) is 7.55. The summed E-state index contributed by atoms with van der Waals surface area (Å²) in [5.41, 5.74) is 3.14. The average Bonchev–Trinajstić information content (AvgIpc) is 2.94. The molecule has 0 amide bonds. The van der Waals surface area contributed by atoms with Gasteiger partial charge in [0.25, 0.3) is 0 Å². The van der Waals surface area contributed by atoms with Crippen molar-refractivity contribution in [2.24, 2.45) is 0 Å². The van der Waals surface area contributed by atoms with Crippen LogP contribution in [0.4, 0.5) is 0 Å². The van der Waals surface area contributed by atoms with E-state index in [9.17, 15) is 9.90 Å². The zero-order valence-corrected chi connectivity index (χ0v) is 12.2. The summed E-state index contributed by atoms with van der Waals surface area (Å²) in [4.78, 5) is 11.5. The van der Waals surface area contributed by atoms with Crippen molar-refractivity contribution in [3.8, 4) is 5.69 Å². The van der Waals surface area contributed by atoms with Gasteiger partial charge in [0, 0.05) is 12.1 Å². The number of para-hydroxylation sites is 1. The van der Waals surface area contributed by atoms with Gasteiger partial charge in [-0.05, 0) is 31.4 Å². The Morgan fingerprint density at radius 3 is 2.62 bits per heavy atom. The van der Waals surface area contributed by atoms with E-state index in [1.807, 2.05) is 31.2 Å². The molecule has 21 heavy (non-hydrogen) atoms. The van der Waals surface area contributed by atoms with Crippen molar-refractivity contribution in [1.82, 2.24) is 9.78 Å². The van der Waals surface area contributed by atoms with Crippen LogP contribution in [0.3, 0.4) is 0 Å². The van der Waals surface area contributed by atoms with Gasteiger partial charge in [0.05, 0.1) is 11.4 Å². The Kier molecular flexibility index (Phi) is 3.78. The highest BCUT2D eigenvalue weighted by Crippen LogP contribution is 2.34. The fourth-order valence-electron chi connectivity index (χ4n) is 3.17. The smallest absolute Gasteiger partial charge is 0.339 e. The van der Waals surface area contributed by atoms with Crippen molar-refractivity contribution in [3.63, 3.8) is 0 Å². The molecule has 0 aliphatic heterocycles. The first-order valence-corrected chi connectivity index (χ1v) is 7.55. The lowest BCUT2D eigenvalue weighted by atomic mass is 9.85. The monoisotopic (exact) mass is 284 g/mol. The molecule has 0 saturated heterocycles. The molecule has 0 atom stereocenters. The molecule has 1 aromatic heterocycles. The normalized spacial score (nSPS) is 16.0. The van der Waals surface area contributed by atoms with Crippen molar-refractivity contribution in [3.05, 3.63) is 47.3 Å². The number of hydrogen-bond donors (Lipinski definition) is 1. The van der Waals surface area contributed by atoms with Crippen LogP contribution >= 0.6 is 0 Å². The molecule has 4 heteroatoms. The van der Waals surface area contributed by atoms with Gasteiger partial charge in [-0.25, -0.2) is 9.48 Å². The van der Waals surface area contributed by atoms with E-state index >= 15 is 0 Å². The lowest BCUT2D eigenvalue weighted by Crippen LogP contribution is -2.10. The first-order chi connectivity index (χ1) is 10.2. The molecule has 1 saturated carbocycles. The Morgan fingerprint density at radius 2 is 1.95 bits per heavy atom. The van der Waals surface area contributed by atoms with E-state index < -0.39 is 5.97 Å². The number of rotatable bonds is 3. The molecular weight excluding hydrogens is 264 g/mol. The van der Waals surface area contributed by atoms with E-state index in [0.29, 0.717) is 5.56 Å². The molecule has 0 bridgehead atoms. The van der Waals surface area contributed by atoms with Crippen molar-refractivity contribution < 1.29 is 9.90 Å². The van der Waals surface area contributed by atoms with E-state index in [-0.39, 0.29) is 5.92 Å². The van der Waals surface area contributed by atoms with Crippen molar-refractivity contribution >= 4 is 5.97 Å². The number of carboxylic acids is 1. The molecule has 110 valence electrons. The van der Waals surface area contributed by atoms with Crippen LogP contribution in [-0.2, 0) is 0 Å². The molecule has 1 heterocycles. The SMILES string of the molecule is Cc1ccccc1-n1cc(C(=O)O)c(C2CCCCC2)n1. The molecule has 0 radical (unpaired) electrons. The zero-order chi connectivity index (χ0) is 14.8. The largest absolute Gasteiger partial charge is 0.478 e. The predicted octanol–water partition coefficient (Wildman–Crippen LogP) is 3.93. The highest BCUT2D eigenvalue weighted by atomic mass is 16.4. The summed E-state index contributed by atoms with van der Waals surface area (Å²) in [6.45, 7) is 2.01. The summed E-state index contributed by atoms with van der Waals surface area (Å²) in [7, 11) is 0. The summed E-state index contributed by atoms with van der Waals surface area (Å²) in [5, 5.41) is 14.1. The minimum atomic E-state index is -0.879.